The van der Waals surface area contributed by atoms with Gasteiger partial charge in [-0.15, -0.1) is 0 Å². The van der Waals surface area contributed by atoms with Crippen molar-refractivity contribution in [2.24, 2.45) is 0 Å². The number of rotatable bonds is 4. The highest BCUT2D eigenvalue weighted by Gasteiger charge is 2.07. The minimum Gasteiger partial charge on any atom is -0.399 e. The summed E-state index contributed by atoms with van der Waals surface area (Å²) in [6.07, 6.45) is 3.71. The summed E-state index contributed by atoms with van der Waals surface area (Å²) in [5.41, 5.74) is 8.34. The third-order valence-electron chi connectivity index (χ3n) is 3.22. The van der Waals surface area contributed by atoms with E-state index < -0.39 is 0 Å². The van der Waals surface area contributed by atoms with Crippen LogP contribution in [0.2, 0.25) is 0 Å². The van der Waals surface area contributed by atoms with Crippen LogP contribution < -0.4 is 5.73 Å². The Labute approximate surface area is 123 Å². The Bertz CT molecular complexity index is 723. The number of aromatic nitrogens is 5. The van der Waals surface area contributed by atoms with Gasteiger partial charge in [-0.2, -0.15) is 10.2 Å². The molecular weight excluding hydrogens is 264 g/mol. The van der Waals surface area contributed by atoms with E-state index in [1.54, 1.807) is 11.0 Å². The van der Waals surface area contributed by atoms with Crippen molar-refractivity contribution in [1.29, 1.82) is 0 Å². The zero-order valence-electron chi connectivity index (χ0n) is 12.1. The summed E-state index contributed by atoms with van der Waals surface area (Å²) in [6, 6.07) is 9.90. The molecule has 0 bridgehead atoms. The summed E-state index contributed by atoms with van der Waals surface area (Å²) in [4.78, 5) is 4.33. The average Bonchev–Trinajstić information content (AvgIpc) is 3.10. The van der Waals surface area contributed by atoms with Crippen LogP contribution in [0.5, 0.6) is 0 Å². The van der Waals surface area contributed by atoms with Crippen molar-refractivity contribution >= 4 is 5.69 Å². The van der Waals surface area contributed by atoms with E-state index in [2.05, 4.69) is 29.0 Å². The van der Waals surface area contributed by atoms with E-state index in [0.29, 0.717) is 18.4 Å². The molecule has 0 saturated heterocycles. The van der Waals surface area contributed by atoms with Crippen LogP contribution in [0.1, 0.15) is 25.6 Å². The number of nitrogen functional groups attached to an aromatic ring is 1. The average molecular weight is 282 g/mol. The molecule has 0 radical (unpaired) electrons. The summed E-state index contributed by atoms with van der Waals surface area (Å²) in [5, 5.41) is 8.99. The van der Waals surface area contributed by atoms with E-state index >= 15 is 0 Å². The van der Waals surface area contributed by atoms with E-state index in [0.717, 1.165) is 16.9 Å². The molecule has 1 aromatic carbocycles. The Balaban J connectivity index is 1.76. The SMILES string of the molecule is CC(C)n1ccc(Cn2cnc(-c3ccc(N)cc3)n2)n1. The van der Waals surface area contributed by atoms with Crippen LogP contribution in [-0.2, 0) is 6.54 Å². The fraction of sp³-hybridized carbons (Fsp3) is 0.267. The van der Waals surface area contributed by atoms with E-state index in [1.165, 1.54) is 0 Å². The number of nitrogens with zero attached hydrogens (tertiary/aromatic N) is 5. The van der Waals surface area contributed by atoms with Crippen LogP contribution in [0, 0.1) is 0 Å². The van der Waals surface area contributed by atoms with Gasteiger partial charge in [0.25, 0.3) is 0 Å². The second-order valence-corrected chi connectivity index (χ2v) is 5.27. The molecular formula is C15H18N6. The molecule has 0 spiro atoms. The predicted octanol–water partition coefficient (Wildman–Crippen LogP) is 2.35. The highest BCUT2D eigenvalue weighted by molar-refractivity contribution is 5.57. The van der Waals surface area contributed by atoms with Crippen LogP contribution in [0.25, 0.3) is 11.4 Å². The van der Waals surface area contributed by atoms with Gasteiger partial charge < -0.3 is 5.73 Å². The summed E-state index contributed by atoms with van der Waals surface area (Å²) in [6.45, 7) is 4.82. The van der Waals surface area contributed by atoms with E-state index in [1.807, 2.05) is 41.2 Å². The molecule has 2 aromatic heterocycles. The van der Waals surface area contributed by atoms with Crippen LogP contribution >= 0.6 is 0 Å². The zero-order chi connectivity index (χ0) is 14.8. The minimum absolute atomic E-state index is 0.361. The smallest absolute Gasteiger partial charge is 0.181 e. The van der Waals surface area contributed by atoms with Gasteiger partial charge in [-0.25, -0.2) is 9.67 Å². The maximum atomic E-state index is 5.68. The normalized spacial score (nSPS) is 11.2. The van der Waals surface area contributed by atoms with Gasteiger partial charge in [0.05, 0.1) is 12.2 Å². The lowest BCUT2D eigenvalue weighted by Gasteiger charge is -2.03. The predicted molar refractivity (Wildman–Crippen MR) is 81.6 cm³/mol. The van der Waals surface area contributed by atoms with Crippen LogP contribution in [-0.4, -0.2) is 24.5 Å². The molecule has 108 valence electrons. The van der Waals surface area contributed by atoms with Crippen molar-refractivity contribution < 1.29 is 0 Å². The highest BCUT2D eigenvalue weighted by Crippen LogP contribution is 2.16. The number of nitrogens with two attached hydrogens (primary N) is 1. The summed E-state index contributed by atoms with van der Waals surface area (Å²) < 4.78 is 3.73. The molecule has 2 N–H and O–H groups in total. The topological polar surface area (TPSA) is 74.5 Å². The Morgan fingerprint density at radius 1 is 1.10 bits per heavy atom. The maximum absolute atomic E-state index is 5.68. The quantitative estimate of drug-likeness (QED) is 0.745. The Morgan fingerprint density at radius 3 is 2.52 bits per heavy atom. The van der Waals surface area contributed by atoms with Crippen LogP contribution in [0.3, 0.4) is 0 Å². The standard InChI is InChI=1S/C15H18N6/c1-11(2)21-8-7-14(18-21)9-20-10-17-15(19-20)12-3-5-13(16)6-4-12/h3-8,10-11H,9,16H2,1-2H3. The molecule has 0 fully saturated rings. The molecule has 2 heterocycles. The Kier molecular flexibility index (Phi) is 3.43. The number of hydrogen-bond donors (Lipinski definition) is 1. The van der Waals surface area contributed by atoms with Crippen molar-refractivity contribution in [2.75, 3.05) is 5.73 Å². The summed E-state index contributed by atoms with van der Waals surface area (Å²) in [5.74, 6) is 0.693. The molecule has 21 heavy (non-hydrogen) atoms. The van der Waals surface area contributed by atoms with E-state index in [4.69, 9.17) is 5.73 Å². The second-order valence-electron chi connectivity index (χ2n) is 5.27. The third kappa shape index (κ3) is 2.94. The van der Waals surface area contributed by atoms with Crippen molar-refractivity contribution in [1.82, 2.24) is 24.5 Å². The first-order valence-electron chi connectivity index (χ1n) is 6.91. The first kappa shape index (κ1) is 13.4. The fourth-order valence-electron chi connectivity index (χ4n) is 2.05. The van der Waals surface area contributed by atoms with E-state index in [9.17, 15) is 0 Å². The third-order valence-corrected chi connectivity index (χ3v) is 3.22. The molecule has 3 rings (SSSR count). The molecule has 0 aliphatic carbocycles. The van der Waals surface area contributed by atoms with Gasteiger partial charge in [-0.05, 0) is 44.2 Å². The fourth-order valence-corrected chi connectivity index (χ4v) is 2.05. The number of benzene rings is 1. The van der Waals surface area contributed by atoms with Gasteiger partial charge in [-0.1, -0.05) is 0 Å². The van der Waals surface area contributed by atoms with E-state index in [-0.39, 0.29) is 0 Å². The lowest BCUT2D eigenvalue weighted by molar-refractivity contribution is 0.521. The monoisotopic (exact) mass is 282 g/mol. The molecule has 3 aromatic rings. The van der Waals surface area contributed by atoms with Gasteiger partial charge in [0.1, 0.15) is 6.33 Å². The first-order valence-corrected chi connectivity index (χ1v) is 6.91. The molecule has 0 aliphatic heterocycles. The summed E-state index contributed by atoms with van der Waals surface area (Å²) >= 11 is 0. The molecule has 6 nitrogen and oxygen atoms in total. The number of anilines is 1. The first-order chi connectivity index (χ1) is 10.1. The number of hydrogen-bond acceptors (Lipinski definition) is 4. The Hall–Kier alpha value is -2.63. The van der Waals surface area contributed by atoms with Crippen molar-refractivity contribution in [3.63, 3.8) is 0 Å². The van der Waals surface area contributed by atoms with Crippen molar-refractivity contribution in [3.05, 3.63) is 48.5 Å². The van der Waals surface area contributed by atoms with Crippen LogP contribution in [0.15, 0.2) is 42.9 Å². The van der Waals surface area contributed by atoms with Gasteiger partial charge in [0.15, 0.2) is 5.82 Å². The molecule has 0 atom stereocenters. The maximum Gasteiger partial charge on any atom is 0.181 e. The Morgan fingerprint density at radius 2 is 1.86 bits per heavy atom. The molecule has 0 aliphatic rings. The van der Waals surface area contributed by atoms with Gasteiger partial charge >= 0.3 is 0 Å². The van der Waals surface area contributed by atoms with Gasteiger partial charge in [-0.3, -0.25) is 4.68 Å². The molecule has 0 saturated carbocycles. The van der Waals surface area contributed by atoms with Gasteiger partial charge in [0.2, 0.25) is 0 Å². The van der Waals surface area contributed by atoms with Gasteiger partial charge in [0, 0.05) is 23.5 Å². The largest absolute Gasteiger partial charge is 0.399 e. The minimum atomic E-state index is 0.361. The lowest BCUT2D eigenvalue weighted by atomic mass is 10.2. The zero-order valence-corrected chi connectivity index (χ0v) is 12.1. The molecule has 6 heteroatoms. The van der Waals surface area contributed by atoms with Crippen molar-refractivity contribution in [2.45, 2.75) is 26.4 Å². The second kappa shape index (κ2) is 5.40. The lowest BCUT2D eigenvalue weighted by Crippen LogP contribution is -2.05. The molecule has 0 amide bonds. The highest BCUT2D eigenvalue weighted by atomic mass is 15.3. The summed E-state index contributed by atoms with van der Waals surface area (Å²) in [7, 11) is 0. The van der Waals surface area contributed by atoms with Crippen molar-refractivity contribution in [3.8, 4) is 11.4 Å². The van der Waals surface area contributed by atoms with Crippen LogP contribution in [0.4, 0.5) is 5.69 Å². The molecule has 0 unspecified atom stereocenters.